The molecular weight excluding hydrogens is 192 g/mol. The molecule has 0 bridgehead atoms. The molecule has 0 aromatic heterocycles. The zero-order valence-electron chi connectivity index (χ0n) is 10.0. The van der Waals surface area contributed by atoms with Crippen LogP contribution in [0.4, 0.5) is 0 Å². The predicted octanol–water partition coefficient (Wildman–Crippen LogP) is 1.26. The third-order valence-electron chi connectivity index (χ3n) is 3.44. The number of hydrogen-bond donors (Lipinski definition) is 2. The Hall–Kier alpha value is -0.160. The van der Waals surface area contributed by atoms with Crippen molar-refractivity contribution < 1.29 is 9.47 Å². The lowest BCUT2D eigenvalue weighted by atomic mass is 9.78. The van der Waals surface area contributed by atoms with E-state index in [1.165, 1.54) is 25.7 Å². The molecule has 0 aromatic rings. The number of hydrogen-bond acceptors (Lipinski definition) is 4. The van der Waals surface area contributed by atoms with Gasteiger partial charge in [-0.15, -0.1) is 0 Å². The summed E-state index contributed by atoms with van der Waals surface area (Å²) in [4.78, 5) is 0. The molecule has 4 heteroatoms. The van der Waals surface area contributed by atoms with Crippen molar-refractivity contribution in [1.82, 2.24) is 5.43 Å². The van der Waals surface area contributed by atoms with Gasteiger partial charge in [0.1, 0.15) is 0 Å². The van der Waals surface area contributed by atoms with Crippen molar-refractivity contribution in [2.45, 2.75) is 44.9 Å². The second kappa shape index (κ2) is 6.43. The summed E-state index contributed by atoms with van der Waals surface area (Å²) in [5.74, 6) is 6.94. The Morgan fingerprint density at radius 3 is 2.40 bits per heavy atom. The number of methoxy groups -OCH3 is 2. The minimum atomic E-state index is -0.245. The first-order valence-corrected chi connectivity index (χ1v) is 5.74. The average molecular weight is 216 g/mol. The number of nitrogens with one attached hydrogen (secondary N) is 1. The van der Waals surface area contributed by atoms with E-state index in [-0.39, 0.29) is 12.3 Å². The third-order valence-corrected chi connectivity index (χ3v) is 3.44. The van der Waals surface area contributed by atoms with Crippen LogP contribution >= 0.6 is 0 Å². The molecule has 4 nitrogen and oxygen atoms in total. The van der Waals surface area contributed by atoms with Crippen LogP contribution in [0.1, 0.15) is 32.6 Å². The van der Waals surface area contributed by atoms with Gasteiger partial charge < -0.3 is 9.47 Å². The van der Waals surface area contributed by atoms with E-state index in [0.717, 1.165) is 5.92 Å². The summed E-state index contributed by atoms with van der Waals surface area (Å²) in [5, 5.41) is 0. The topological polar surface area (TPSA) is 56.5 Å². The molecule has 1 aliphatic rings. The van der Waals surface area contributed by atoms with Gasteiger partial charge >= 0.3 is 0 Å². The van der Waals surface area contributed by atoms with E-state index in [1.807, 2.05) is 0 Å². The molecule has 90 valence electrons. The first-order valence-electron chi connectivity index (χ1n) is 5.74. The fourth-order valence-electron chi connectivity index (χ4n) is 2.63. The zero-order chi connectivity index (χ0) is 11.3. The van der Waals surface area contributed by atoms with Crippen molar-refractivity contribution in [3.63, 3.8) is 0 Å². The Morgan fingerprint density at radius 1 is 1.27 bits per heavy atom. The molecule has 0 aliphatic heterocycles. The SMILES string of the molecule is COC(OC)C(NN)C1CCCC(C)C1. The highest BCUT2D eigenvalue weighted by Crippen LogP contribution is 2.32. The van der Waals surface area contributed by atoms with Gasteiger partial charge in [-0.1, -0.05) is 19.8 Å². The van der Waals surface area contributed by atoms with Crippen molar-refractivity contribution in [2.24, 2.45) is 17.7 Å². The maximum Gasteiger partial charge on any atom is 0.173 e. The summed E-state index contributed by atoms with van der Waals surface area (Å²) in [7, 11) is 3.32. The van der Waals surface area contributed by atoms with Gasteiger partial charge in [-0.05, 0) is 24.7 Å². The standard InChI is InChI=1S/C11H24N2O2/c1-8-5-4-6-9(7-8)10(13-12)11(14-2)15-3/h8-11,13H,4-7,12H2,1-3H3. The third kappa shape index (κ3) is 3.41. The van der Waals surface area contributed by atoms with Crippen LogP contribution < -0.4 is 11.3 Å². The van der Waals surface area contributed by atoms with E-state index in [9.17, 15) is 0 Å². The van der Waals surface area contributed by atoms with Crippen LogP contribution in [0.25, 0.3) is 0 Å². The molecule has 3 atom stereocenters. The van der Waals surface area contributed by atoms with Crippen LogP contribution in [0.2, 0.25) is 0 Å². The smallest absolute Gasteiger partial charge is 0.173 e. The summed E-state index contributed by atoms with van der Waals surface area (Å²) in [6.07, 6.45) is 4.79. The van der Waals surface area contributed by atoms with E-state index >= 15 is 0 Å². The van der Waals surface area contributed by atoms with Gasteiger partial charge in [0, 0.05) is 14.2 Å². The lowest BCUT2D eigenvalue weighted by molar-refractivity contribution is -0.136. The van der Waals surface area contributed by atoms with Gasteiger partial charge in [0.05, 0.1) is 6.04 Å². The molecule has 3 N–H and O–H groups in total. The maximum absolute atomic E-state index is 5.59. The molecule has 0 amide bonds. The van der Waals surface area contributed by atoms with Crippen molar-refractivity contribution >= 4 is 0 Å². The van der Waals surface area contributed by atoms with Gasteiger partial charge in [-0.3, -0.25) is 11.3 Å². The highest BCUT2D eigenvalue weighted by atomic mass is 16.7. The van der Waals surface area contributed by atoms with E-state index in [4.69, 9.17) is 15.3 Å². The Balaban J connectivity index is 2.55. The summed E-state index contributed by atoms with van der Waals surface area (Å²) in [6, 6.07) is 0.0998. The Kier molecular flexibility index (Phi) is 5.53. The molecule has 15 heavy (non-hydrogen) atoms. The summed E-state index contributed by atoms with van der Waals surface area (Å²) in [6.45, 7) is 2.30. The fourth-order valence-corrected chi connectivity index (χ4v) is 2.63. The van der Waals surface area contributed by atoms with Gasteiger partial charge in [-0.2, -0.15) is 0 Å². The molecule has 1 fully saturated rings. The van der Waals surface area contributed by atoms with Crippen molar-refractivity contribution in [1.29, 1.82) is 0 Å². The van der Waals surface area contributed by atoms with E-state index < -0.39 is 0 Å². The van der Waals surface area contributed by atoms with Crippen LogP contribution in [0, 0.1) is 11.8 Å². The van der Waals surface area contributed by atoms with E-state index in [1.54, 1.807) is 14.2 Å². The van der Waals surface area contributed by atoms with Crippen LogP contribution in [0.5, 0.6) is 0 Å². The molecule has 0 aromatic carbocycles. The van der Waals surface area contributed by atoms with Crippen LogP contribution in [-0.4, -0.2) is 26.6 Å². The molecule has 3 unspecified atom stereocenters. The highest BCUT2D eigenvalue weighted by molar-refractivity contribution is 4.82. The largest absolute Gasteiger partial charge is 0.354 e. The van der Waals surface area contributed by atoms with Crippen LogP contribution in [-0.2, 0) is 9.47 Å². The Labute approximate surface area is 92.5 Å². The fraction of sp³-hybridized carbons (Fsp3) is 1.00. The van der Waals surface area contributed by atoms with Gasteiger partial charge in [0.25, 0.3) is 0 Å². The Bertz CT molecular complexity index is 174. The lowest BCUT2D eigenvalue weighted by Crippen LogP contribution is -2.51. The first-order chi connectivity index (χ1) is 7.22. The summed E-state index contributed by atoms with van der Waals surface area (Å²) < 4.78 is 10.6. The monoisotopic (exact) mass is 216 g/mol. The minimum absolute atomic E-state index is 0.0998. The summed E-state index contributed by atoms with van der Waals surface area (Å²) in [5.41, 5.74) is 2.84. The predicted molar refractivity (Wildman–Crippen MR) is 60.0 cm³/mol. The second-order valence-electron chi connectivity index (χ2n) is 4.56. The highest BCUT2D eigenvalue weighted by Gasteiger charge is 2.31. The average Bonchev–Trinajstić information content (AvgIpc) is 2.25. The van der Waals surface area contributed by atoms with Crippen LogP contribution in [0.15, 0.2) is 0 Å². The van der Waals surface area contributed by atoms with Crippen LogP contribution in [0.3, 0.4) is 0 Å². The molecule has 1 rings (SSSR count). The molecule has 0 heterocycles. The lowest BCUT2D eigenvalue weighted by Gasteiger charge is -2.35. The summed E-state index contributed by atoms with van der Waals surface area (Å²) >= 11 is 0. The number of hydrazine groups is 1. The molecule has 0 saturated heterocycles. The molecule has 0 radical (unpaired) electrons. The zero-order valence-corrected chi connectivity index (χ0v) is 10.0. The van der Waals surface area contributed by atoms with Gasteiger partial charge in [-0.25, -0.2) is 0 Å². The molecule has 1 saturated carbocycles. The normalized spacial score (nSPS) is 29.4. The molecular formula is C11H24N2O2. The van der Waals surface area contributed by atoms with E-state index in [0.29, 0.717) is 5.92 Å². The van der Waals surface area contributed by atoms with Gasteiger partial charge in [0.15, 0.2) is 6.29 Å². The van der Waals surface area contributed by atoms with Crippen molar-refractivity contribution in [2.75, 3.05) is 14.2 Å². The molecule has 0 spiro atoms. The van der Waals surface area contributed by atoms with Crippen molar-refractivity contribution in [3.8, 4) is 0 Å². The number of nitrogens with two attached hydrogens (primary N) is 1. The first kappa shape index (κ1) is 12.9. The minimum Gasteiger partial charge on any atom is -0.354 e. The maximum atomic E-state index is 5.59. The quantitative estimate of drug-likeness (QED) is 0.413. The van der Waals surface area contributed by atoms with E-state index in [2.05, 4.69) is 12.3 Å². The second-order valence-corrected chi connectivity index (χ2v) is 4.56. The number of ether oxygens (including phenoxy) is 2. The Morgan fingerprint density at radius 2 is 1.93 bits per heavy atom. The molecule has 1 aliphatic carbocycles. The number of rotatable bonds is 5. The van der Waals surface area contributed by atoms with Gasteiger partial charge in [0.2, 0.25) is 0 Å². The van der Waals surface area contributed by atoms with Crippen molar-refractivity contribution in [3.05, 3.63) is 0 Å².